The van der Waals surface area contributed by atoms with Crippen LogP contribution >= 0.6 is 0 Å². The number of hydrogen-bond donors (Lipinski definition) is 4. The van der Waals surface area contributed by atoms with Gasteiger partial charge in [-0.15, -0.1) is 0 Å². The Morgan fingerprint density at radius 3 is 1.23 bits per heavy atom. The number of phenolic OH excluding ortho intramolecular Hbond substituents is 2. The minimum Gasteiger partial charge on any atom is -0.508 e. The van der Waals surface area contributed by atoms with E-state index in [4.69, 9.17) is 29.2 Å². The molecule has 0 saturated carbocycles. The number of phenols is 2. The molecule has 0 amide bonds. The molecule has 0 unspecified atom stereocenters. The Hall–Kier alpha value is -4.90. The molecule has 0 radical (unpaired) electrons. The molecule has 0 spiro atoms. The number of rotatable bonds is 14. The van der Waals surface area contributed by atoms with Crippen molar-refractivity contribution in [1.29, 1.82) is 0 Å². The van der Waals surface area contributed by atoms with E-state index in [2.05, 4.69) is 27.7 Å². The Balaban J connectivity index is 0.000000340. The van der Waals surface area contributed by atoms with Crippen LogP contribution in [-0.4, -0.2) is 66.1 Å². The van der Waals surface area contributed by atoms with E-state index in [0.29, 0.717) is 24.7 Å². The van der Waals surface area contributed by atoms with Crippen LogP contribution in [-0.2, 0) is 25.1 Å². The van der Waals surface area contributed by atoms with Crippen molar-refractivity contribution in [3.05, 3.63) is 119 Å². The summed E-state index contributed by atoms with van der Waals surface area (Å²) in [6.07, 6.45) is 2.28. The molecule has 0 bridgehead atoms. The van der Waals surface area contributed by atoms with Crippen LogP contribution in [0.2, 0.25) is 0 Å². The van der Waals surface area contributed by atoms with Crippen molar-refractivity contribution in [2.75, 3.05) is 33.5 Å². The number of aliphatic hydroxyl groups excluding tert-OH is 2. The average molecular weight is 719 g/mol. The summed E-state index contributed by atoms with van der Waals surface area (Å²) < 4.78 is 20.3. The summed E-state index contributed by atoms with van der Waals surface area (Å²) in [6.45, 7) is 11.1. The zero-order valence-electron chi connectivity index (χ0n) is 31.1. The fraction of sp³-hybridized carbons (Fsp3) is 0.381. The Morgan fingerprint density at radius 1 is 0.538 bits per heavy atom. The monoisotopic (exact) mass is 718 g/mol. The summed E-state index contributed by atoms with van der Waals surface area (Å²) in [5.41, 5.74) is 3.94. The second kappa shape index (κ2) is 22.1. The molecular formula is C42H54O10. The van der Waals surface area contributed by atoms with Gasteiger partial charge in [0.05, 0.1) is 6.61 Å². The predicted octanol–water partition coefficient (Wildman–Crippen LogP) is 8.05. The maximum atomic E-state index is 11.7. The molecule has 0 aromatic heterocycles. The van der Waals surface area contributed by atoms with E-state index in [1.807, 2.05) is 48.5 Å². The lowest BCUT2D eigenvalue weighted by atomic mass is 9.78. The normalized spacial score (nSPS) is 10.9. The number of carbonyl (C=O) groups is 2. The van der Waals surface area contributed by atoms with Gasteiger partial charge >= 0.3 is 12.1 Å². The molecule has 0 saturated heterocycles. The quantitative estimate of drug-likeness (QED) is 0.0436. The number of aromatic hydroxyl groups is 2. The van der Waals surface area contributed by atoms with E-state index in [1.54, 1.807) is 55.6 Å². The predicted molar refractivity (Wildman–Crippen MR) is 201 cm³/mol. The van der Waals surface area contributed by atoms with Gasteiger partial charge in [0, 0.05) is 44.7 Å². The fourth-order valence-corrected chi connectivity index (χ4v) is 4.99. The maximum absolute atomic E-state index is 11.7. The summed E-state index contributed by atoms with van der Waals surface area (Å²) >= 11 is 0. The van der Waals surface area contributed by atoms with Crippen molar-refractivity contribution in [1.82, 2.24) is 0 Å². The highest BCUT2D eigenvalue weighted by Crippen LogP contribution is 2.34. The van der Waals surface area contributed by atoms with Gasteiger partial charge in [-0.3, -0.25) is 4.79 Å². The van der Waals surface area contributed by atoms with Gasteiger partial charge in [-0.05, 0) is 96.5 Å². The summed E-state index contributed by atoms with van der Waals surface area (Å²) in [5, 5.41) is 34.8. The number of hydrogen-bond acceptors (Lipinski definition) is 10. The molecular weight excluding hydrogens is 664 g/mol. The smallest absolute Gasteiger partial charge is 0.508 e. The Kier molecular flexibility index (Phi) is 18.4. The van der Waals surface area contributed by atoms with Crippen LogP contribution in [0.5, 0.6) is 23.0 Å². The highest BCUT2D eigenvalue weighted by molar-refractivity contribution is 5.69. The zero-order chi connectivity index (χ0) is 38.6. The number of esters is 1. The van der Waals surface area contributed by atoms with Gasteiger partial charge in [-0.25, -0.2) is 4.79 Å². The molecule has 4 aromatic rings. The Labute approximate surface area is 307 Å². The fourth-order valence-electron chi connectivity index (χ4n) is 4.99. The standard InChI is InChI=1S/C23H28O6.C15H16O2.C4H10O2/c1-17(24)28-20-11-7-18(8-12-20)23(2,3)19-9-13-21(14-10-19)29-22(25)27-16-6-5-15-26-4;1-15(2,11-3-7-13(16)8-4-11)12-5-9-14(17)10-6-12;5-3-1-2-4-6/h7-14H,5-6,15-16H2,1-4H3;3-10,16-17H,1-2H3;5-6H,1-4H2. The van der Waals surface area contributed by atoms with Crippen LogP contribution in [0.1, 0.15) is 82.6 Å². The van der Waals surface area contributed by atoms with E-state index in [9.17, 15) is 19.8 Å². The van der Waals surface area contributed by atoms with Gasteiger partial charge < -0.3 is 39.4 Å². The van der Waals surface area contributed by atoms with E-state index in [-0.39, 0.29) is 41.5 Å². The minimum absolute atomic E-state index is 0.151. The Morgan fingerprint density at radius 2 is 0.885 bits per heavy atom. The maximum Gasteiger partial charge on any atom is 0.513 e. The average Bonchev–Trinajstić information content (AvgIpc) is 3.12. The second-order valence-corrected chi connectivity index (χ2v) is 13.0. The van der Waals surface area contributed by atoms with Crippen molar-refractivity contribution in [2.45, 2.75) is 71.1 Å². The van der Waals surface area contributed by atoms with Crippen LogP contribution in [0.3, 0.4) is 0 Å². The second-order valence-electron chi connectivity index (χ2n) is 13.0. The summed E-state index contributed by atoms with van der Waals surface area (Å²) in [6, 6.07) is 29.2. The first-order valence-corrected chi connectivity index (χ1v) is 17.3. The van der Waals surface area contributed by atoms with Crippen molar-refractivity contribution < 1.29 is 49.0 Å². The van der Waals surface area contributed by atoms with E-state index < -0.39 is 6.16 Å². The largest absolute Gasteiger partial charge is 0.513 e. The molecule has 52 heavy (non-hydrogen) atoms. The van der Waals surface area contributed by atoms with Gasteiger partial charge in [0.1, 0.15) is 23.0 Å². The number of carbonyl (C=O) groups excluding carboxylic acids is 2. The first-order chi connectivity index (χ1) is 24.7. The topological polar surface area (TPSA) is 152 Å². The molecule has 282 valence electrons. The Bertz CT molecular complexity index is 1540. The third-order valence-electron chi connectivity index (χ3n) is 8.32. The molecule has 0 aliphatic carbocycles. The lowest BCUT2D eigenvalue weighted by Gasteiger charge is -2.26. The van der Waals surface area contributed by atoms with Crippen molar-refractivity contribution in [3.8, 4) is 23.0 Å². The van der Waals surface area contributed by atoms with Crippen LogP contribution in [0, 0.1) is 0 Å². The first kappa shape index (κ1) is 43.3. The lowest BCUT2D eigenvalue weighted by Crippen LogP contribution is -2.19. The highest BCUT2D eigenvalue weighted by Gasteiger charge is 2.24. The SMILES string of the molecule is CC(C)(c1ccc(O)cc1)c1ccc(O)cc1.COCCCCOC(=O)Oc1ccc(C(C)(C)c2ccc(OC(C)=O)cc2)cc1.OCCCCO. The molecule has 0 aliphatic heterocycles. The van der Waals surface area contributed by atoms with Crippen LogP contribution < -0.4 is 9.47 Å². The first-order valence-electron chi connectivity index (χ1n) is 17.3. The molecule has 10 heteroatoms. The van der Waals surface area contributed by atoms with E-state index in [0.717, 1.165) is 47.9 Å². The summed E-state index contributed by atoms with van der Waals surface area (Å²) in [7, 11) is 1.64. The third-order valence-corrected chi connectivity index (χ3v) is 8.32. The van der Waals surface area contributed by atoms with Crippen molar-refractivity contribution >= 4 is 12.1 Å². The van der Waals surface area contributed by atoms with Crippen LogP contribution in [0.4, 0.5) is 4.79 Å². The molecule has 10 nitrogen and oxygen atoms in total. The molecule has 0 heterocycles. The van der Waals surface area contributed by atoms with Gasteiger partial charge in [0.15, 0.2) is 0 Å². The summed E-state index contributed by atoms with van der Waals surface area (Å²) in [5.74, 6) is 1.14. The number of benzene rings is 4. The molecule has 4 aromatic carbocycles. The molecule has 0 aliphatic rings. The number of aliphatic hydroxyl groups is 2. The van der Waals surface area contributed by atoms with Gasteiger partial charge in [-0.2, -0.15) is 0 Å². The highest BCUT2D eigenvalue weighted by atomic mass is 16.7. The van der Waals surface area contributed by atoms with E-state index >= 15 is 0 Å². The third kappa shape index (κ3) is 14.8. The number of methoxy groups -OCH3 is 1. The summed E-state index contributed by atoms with van der Waals surface area (Å²) in [4.78, 5) is 22.8. The molecule has 4 rings (SSSR count). The zero-order valence-corrected chi connectivity index (χ0v) is 31.1. The molecule has 0 fully saturated rings. The van der Waals surface area contributed by atoms with Gasteiger partial charge in [-0.1, -0.05) is 76.2 Å². The van der Waals surface area contributed by atoms with Gasteiger partial charge in [0.2, 0.25) is 0 Å². The molecule has 4 N–H and O–H groups in total. The van der Waals surface area contributed by atoms with E-state index in [1.165, 1.54) is 6.92 Å². The van der Waals surface area contributed by atoms with Crippen LogP contribution in [0.25, 0.3) is 0 Å². The number of unbranched alkanes of at least 4 members (excludes halogenated alkanes) is 2. The lowest BCUT2D eigenvalue weighted by molar-refractivity contribution is -0.131. The van der Waals surface area contributed by atoms with Crippen LogP contribution in [0.15, 0.2) is 97.1 Å². The van der Waals surface area contributed by atoms with Crippen molar-refractivity contribution in [2.24, 2.45) is 0 Å². The van der Waals surface area contributed by atoms with Gasteiger partial charge in [0.25, 0.3) is 0 Å². The minimum atomic E-state index is -0.713. The van der Waals surface area contributed by atoms with Crippen molar-refractivity contribution in [3.63, 3.8) is 0 Å². The molecule has 0 atom stereocenters. The number of ether oxygens (including phenoxy) is 4.